The number of nitrogens with one attached hydrogen (secondary N) is 1. The summed E-state index contributed by atoms with van der Waals surface area (Å²) in [6.45, 7) is 11.4. The number of rotatable bonds is 4. The Kier molecular flexibility index (Phi) is 4.91. The van der Waals surface area contributed by atoms with Crippen LogP contribution in [0.1, 0.15) is 79.2 Å². The van der Waals surface area contributed by atoms with Crippen LogP contribution < -0.4 is 10.6 Å². The first-order valence-corrected chi connectivity index (χ1v) is 12.8. The molecule has 2 aromatic heterocycles. The lowest BCUT2D eigenvalue weighted by atomic mass is 9.72. The fourth-order valence-corrected chi connectivity index (χ4v) is 6.55. The number of carbonyl (C=O) groups excluding carboxylic acids is 1. The zero-order valence-corrected chi connectivity index (χ0v) is 20.6. The molecule has 0 bridgehead atoms. The van der Waals surface area contributed by atoms with Crippen molar-refractivity contribution in [3.05, 3.63) is 58.4 Å². The normalized spacial score (nSPS) is 21.3. The predicted molar refractivity (Wildman–Crippen MR) is 137 cm³/mol. The van der Waals surface area contributed by atoms with E-state index in [-0.39, 0.29) is 11.2 Å². The summed E-state index contributed by atoms with van der Waals surface area (Å²) >= 11 is 0. The number of carbonyl (C=O) groups is 1. The molecule has 2 fully saturated rings. The Morgan fingerprint density at radius 3 is 2.53 bits per heavy atom. The van der Waals surface area contributed by atoms with Crippen LogP contribution >= 0.6 is 0 Å². The number of nitrogens with zero attached hydrogens (tertiary/aromatic N) is 3. The van der Waals surface area contributed by atoms with Crippen molar-refractivity contribution in [2.24, 2.45) is 5.73 Å². The highest BCUT2D eigenvalue weighted by Crippen LogP contribution is 2.45. The number of ketones is 1. The highest BCUT2D eigenvalue weighted by Gasteiger charge is 2.43. The molecule has 6 nitrogen and oxygen atoms in total. The Hall–Kier alpha value is -2.70. The van der Waals surface area contributed by atoms with Crippen molar-refractivity contribution in [2.45, 2.75) is 64.0 Å². The SMILES string of the molecule is CCC1(N2CCN(c3cc4c(cn3)C(=O)c3c([nH]c5cc(CN)ccc35)C4(C)C)CC2)CCC1. The van der Waals surface area contributed by atoms with Gasteiger partial charge in [-0.1, -0.05) is 32.9 Å². The third kappa shape index (κ3) is 3.01. The maximum absolute atomic E-state index is 13.6. The second-order valence-electron chi connectivity index (χ2n) is 10.9. The molecule has 1 saturated carbocycles. The largest absolute Gasteiger partial charge is 0.357 e. The zero-order chi connectivity index (χ0) is 23.7. The van der Waals surface area contributed by atoms with Crippen molar-refractivity contribution >= 4 is 22.5 Å². The molecule has 6 heteroatoms. The molecule has 1 aromatic carbocycles. The Balaban J connectivity index is 1.33. The molecule has 6 rings (SSSR count). The van der Waals surface area contributed by atoms with Crippen LogP contribution in [-0.2, 0) is 12.0 Å². The van der Waals surface area contributed by atoms with E-state index in [0.717, 1.165) is 70.8 Å². The monoisotopic (exact) mass is 457 g/mol. The minimum atomic E-state index is -0.321. The molecule has 1 aliphatic heterocycles. The van der Waals surface area contributed by atoms with Crippen LogP contribution in [-0.4, -0.2) is 52.4 Å². The maximum Gasteiger partial charge on any atom is 0.197 e. The quantitative estimate of drug-likeness (QED) is 0.609. The number of hydrogen-bond donors (Lipinski definition) is 2. The van der Waals surface area contributed by atoms with E-state index in [1.165, 1.54) is 25.7 Å². The third-order valence-corrected chi connectivity index (χ3v) is 8.98. The fraction of sp³-hybridized carbons (Fsp3) is 0.500. The van der Waals surface area contributed by atoms with Gasteiger partial charge in [-0.3, -0.25) is 9.69 Å². The first kappa shape index (κ1) is 21.8. The molecular weight excluding hydrogens is 422 g/mol. The highest BCUT2D eigenvalue weighted by atomic mass is 16.1. The number of piperazine rings is 1. The lowest BCUT2D eigenvalue weighted by Gasteiger charge is -2.53. The number of H-pyrrole nitrogens is 1. The van der Waals surface area contributed by atoms with Gasteiger partial charge in [0.1, 0.15) is 5.82 Å². The van der Waals surface area contributed by atoms with Crippen LogP contribution in [0.15, 0.2) is 30.5 Å². The zero-order valence-electron chi connectivity index (χ0n) is 20.6. The van der Waals surface area contributed by atoms with Gasteiger partial charge in [0.15, 0.2) is 5.78 Å². The number of aromatic nitrogens is 2. The van der Waals surface area contributed by atoms with Crippen molar-refractivity contribution in [3.8, 4) is 0 Å². The lowest BCUT2D eigenvalue weighted by molar-refractivity contribution is 0.00826. The first-order valence-electron chi connectivity index (χ1n) is 12.8. The summed E-state index contributed by atoms with van der Waals surface area (Å²) in [5, 5.41) is 0.969. The molecule has 3 aromatic rings. The van der Waals surface area contributed by atoms with Gasteiger partial charge in [-0.15, -0.1) is 0 Å². The average Bonchev–Trinajstić information content (AvgIpc) is 3.23. The van der Waals surface area contributed by atoms with Crippen LogP contribution in [0.2, 0.25) is 0 Å². The summed E-state index contributed by atoms with van der Waals surface area (Å²) in [7, 11) is 0. The Morgan fingerprint density at radius 1 is 1.12 bits per heavy atom. The van der Waals surface area contributed by atoms with Gasteiger partial charge in [0, 0.05) is 72.0 Å². The van der Waals surface area contributed by atoms with E-state index < -0.39 is 0 Å². The number of hydrogen-bond acceptors (Lipinski definition) is 5. The van der Waals surface area contributed by atoms with Crippen molar-refractivity contribution in [1.82, 2.24) is 14.9 Å². The fourth-order valence-electron chi connectivity index (χ4n) is 6.55. The molecule has 0 amide bonds. The number of fused-ring (bicyclic) bond motifs is 4. The highest BCUT2D eigenvalue weighted by molar-refractivity contribution is 6.20. The molecule has 34 heavy (non-hydrogen) atoms. The average molecular weight is 458 g/mol. The molecule has 0 atom stereocenters. The predicted octanol–water partition coefficient (Wildman–Crippen LogP) is 4.35. The van der Waals surface area contributed by atoms with Crippen LogP contribution in [0.25, 0.3) is 10.9 Å². The van der Waals surface area contributed by atoms with Gasteiger partial charge in [-0.2, -0.15) is 0 Å². The van der Waals surface area contributed by atoms with Crippen molar-refractivity contribution in [3.63, 3.8) is 0 Å². The van der Waals surface area contributed by atoms with Gasteiger partial charge >= 0.3 is 0 Å². The van der Waals surface area contributed by atoms with Gasteiger partial charge in [0.2, 0.25) is 0 Å². The molecule has 2 aliphatic carbocycles. The Morgan fingerprint density at radius 2 is 1.88 bits per heavy atom. The van der Waals surface area contributed by atoms with Crippen LogP contribution in [0, 0.1) is 0 Å². The van der Waals surface area contributed by atoms with Crippen molar-refractivity contribution < 1.29 is 4.79 Å². The smallest absolute Gasteiger partial charge is 0.197 e. The number of anilines is 1. The third-order valence-electron chi connectivity index (χ3n) is 8.98. The van der Waals surface area contributed by atoms with Crippen molar-refractivity contribution in [2.75, 3.05) is 31.1 Å². The van der Waals surface area contributed by atoms with E-state index in [9.17, 15) is 4.79 Å². The Labute approximate surface area is 201 Å². The van der Waals surface area contributed by atoms with E-state index in [2.05, 4.69) is 47.7 Å². The summed E-state index contributed by atoms with van der Waals surface area (Å²) in [5.41, 5.74) is 11.6. The second kappa shape index (κ2) is 7.65. The molecular formula is C28H35N5O. The lowest BCUT2D eigenvalue weighted by Crippen LogP contribution is -2.60. The molecule has 3 heterocycles. The number of pyridine rings is 1. The summed E-state index contributed by atoms with van der Waals surface area (Å²) < 4.78 is 0. The summed E-state index contributed by atoms with van der Waals surface area (Å²) in [6, 6.07) is 8.27. The van der Waals surface area contributed by atoms with Crippen molar-refractivity contribution in [1.29, 1.82) is 0 Å². The minimum Gasteiger partial charge on any atom is -0.357 e. The van der Waals surface area contributed by atoms with E-state index in [4.69, 9.17) is 10.7 Å². The Bertz CT molecular complexity index is 1270. The topological polar surface area (TPSA) is 78.2 Å². The molecule has 0 radical (unpaired) electrons. The number of aromatic amines is 1. The van der Waals surface area contributed by atoms with Crippen LogP contribution in [0.4, 0.5) is 5.82 Å². The molecule has 0 spiro atoms. The first-order chi connectivity index (χ1) is 16.4. The minimum absolute atomic E-state index is 0.0646. The van der Waals surface area contributed by atoms with Crippen LogP contribution in [0.5, 0.6) is 0 Å². The molecule has 1 saturated heterocycles. The van der Waals surface area contributed by atoms with E-state index in [1.807, 2.05) is 18.3 Å². The molecule has 178 valence electrons. The van der Waals surface area contributed by atoms with Gasteiger partial charge in [0.05, 0.1) is 5.56 Å². The summed E-state index contributed by atoms with van der Waals surface area (Å²) in [5.74, 6) is 1.05. The van der Waals surface area contributed by atoms with E-state index in [0.29, 0.717) is 12.1 Å². The van der Waals surface area contributed by atoms with Gasteiger partial charge < -0.3 is 15.6 Å². The van der Waals surface area contributed by atoms with E-state index in [1.54, 1.807) is 0 Å². The standard InChI is InChI=1S/C28H35N5O/c1-4-28(8-5-9-28)33-12-10-32(11-13-33)23-15-21-20(17-30-23)25(34)24-19-7-6-18(16-29)14-22(19)31-26(24)27(21,2)3/h6-7,14-15,17,31H,4-5,8-13,16,29H2,1-3H3. The molecule has 3 aliphatic rings. The van der Waals surface area contributed by atoms with Crippen LogP contribution in [0.3, 0.4) is 0 Å². The van der Waals surface area contributed by atoms with Gasteiger partial charge in [-0.05, 0) is 48.9 Å². The van der Waals surface area contributed by atoms with Gasteiger partial charge in [-0.25, -0.2) is 4.98 Å². The second-order valence-corrected chi connectivity index (χ2v) is 10.9. The molecule has 3 N–H and O–H groups in total. The summed E-state index contributed by atoms with van der Waals surface area (Å²) in [6.07, 6.45) is 7.12. The van der Waals surface area contributed by atoms with Gasteiger partial charge in [0.25, 0.3) is 0 Å². The number of nitrogens with two attached hydrogens (primary N) is 1. The molecule has 0 unspecified atom stereocenters. The summed E-state index contributed by atoms with van der Waals surface area (Å²) in [4.78, 5) is 27.1. The maximum atomic E-state index is 13.6. The number of benzene rings is 1. The van der Waals surface area contributed by atoms with E-state index >= 15 is 0 Å².